The number of rotatable bonds is 3. The van der Waals surface area contributed by atoms with Crippen molar-refractivity contribution in [1.29, 1.82) is 0 Å². The van der Waals surface area contributed by atoms with Gasteiger partial charge in [-0.15, -0.1) is 0 Å². The van der Waals surface area contributed by atoms with E-state index < -0.39 is 0 Å². The van der Waals surface area contributed by atoms with Crippen LogP contribution in [0.4, 0.5) is 0 Å². The van der Waals surface area contributed by atoms with Gasteiger partial charge in [-0.3, -0.25) is 4.99 Å². The molecule has 0 bridgehead atoms. The highest BCUT2D eigenvalue weighted by molar-refractivity contribution is 6.01. The van der Waals surface area contributed by atoms with Crippen LogP contribution in [0.25, 0.3) is 0 Å². The second kappa shape index (κ2) is 3.85. The summed E-state index contributed by atoms with van der Waals surface area (Å²) in [4.78, 5) is 4.38. The topological polar surface area (TPSA) is 24.4 Å². The zero-order chi connectivity index (χ0) is 9.14. The maximum Gasteiger partial charge on any atom is 0.0607 e. The average molecular weight is 166 g/mol. The summed E-state index contributed by atoms with van der Waals surface area (Å²) < 4.78 is 0. The first-order chi connectivity index (χ1) is 5.61. The Morgan fingerprint density at radius 2 is 2.08 bits per heavy atom. The second-order valence-corrected chi connectivity index (χ2v) is 3.70. The summed E-state index contributed by atoms with van der Waals surface area (Å²) in [5.41, 5.74) is 4.03. The van der Waals surface area contributed by atoms with Crippen molar-refractivity contribution < 1.29 is 0 Å². The molecule has 68 valence electrons. The standard InChI is InChI=1S/C10H18N2/c1-7(2)11-6-10-8(3)5-12-9(10)4/h7,11H,5-6H2,1-4H3. The molecule has 0 saturated carbocycles. The molecule has 0 atom stereocenters. The van der Waals surface area contributed by atoms with Crippen LogP contribution >= 0.6 is 0 Å². The molecule has 0 aliphatic carbocycles. The lowest BCUT2D eigenvalue weighted by atomic mass is 10.1. The number of hydrogen-bond donors (Lipinski definition) is 1. The molecule has 0 saturated heterocycles. The molecule has 0 aromatic carbocycles. The van der Waals surface area contributed by atoms with Gasteiger partial charge in [0.2, 0.25) is 0 Å². The van der Waals surface area contributed by atoms with Crippen LogP contribution in [-0.2, 0) is 0 Å². The molecule has 0 spiro atoms. The van der Waals surface area contributed by atoms with Crippen molar-refractivity contribution in [2.75, 3.05) is 13.1 Å². The van der Waals surface area contributed by atoms with Crippen LogP contribution in [0.1, 0.15) is 27.7 Å². The summed E-state index contributed by atoms with van der Waals surface area (Å²) >= 11 is 0. The summed E-state index contributed by atoms with van der Waals surface area (Å²) in [6.07, 6.45) is 0. The Morgan fingerprint density at radius 3 is 2.50 bits per heavy atom. The zero-order valence-electron chi connectivity index (χ0n) is 8.44. The highest BCUT2D eigenvalue weighted by Crippen LogP contribution is 2.13. The molecule has 12 heavy (non-hydrogen) atoms. The van der Waals surface area contributed by atoms with Gasteiger partial charge in [0.05, 0.1) is 6.54 Å². The van der Waals surface area contributed by atoms with Crippen molar-refractivity contribution in [3.05, 3.63) is 11.1 Å². The normalized spacial score (nSPS) is 17.6. The van der Waals surface area contributed by atoms with E-state index in [0.29, 0.717) is 6.04 Å². The SMILES string of the molecule is CC1=NCC(C)=C1CNC(C)C. The fourth-order valence-electron chi connectivity index (χ4n) is 1.32. The van der Waals surface area contributed by atoms with Crippen molar-refractivity contribution in [2.45, 2.75) is 33.7 Å². The Hall–Kier alpha value is -0.630. The van der Waals surface area contributed by atoms with E-state index in [9.17, 15) is 0 Å². The summed E-state index contributed by atoms with van der Waals surface area (Å²) in [6, 6.07) is 0.554. The number of nitrogens with zero attached hydrogens (tertiary/aromatic N) is 1. The van der Waals surface area contributed by atoms with Gasteiger partial charge in [0.1, 0.15) is 0 Å². The number of hydrogen-bond acceptors (Lipinski definition) is 2. The molecular formula is C10H18N2. The van der Waals surface area contributed by atoms with Crippen LogP contribution in [0.2, 0.25) is 0 Å². The monoisotopic (exact) mass is 166 g/mol. The average Bonchev–Trinajstić information content (AvgIpc) is 2.28. The largest absolute Gasteiger partial charge is 0.310 e. The van der Waals surface area contributed by atoms with Crippen molar-refractivity contribution in [1.82, 2.24) is 5.32 Å². The first-order valence-corrected chi connectivity index (χ1v) is 4.54. The molecule has 0 aromatic heterocycles. The van der Waals surface area contributed by atoms with Crippen LogP contribution in [0.5, 0.6) is 0 Å². The van der Waals surface area contributed by atoms with Crippen LogP contribution in [0, 0.1) is 0 Å². The lowest BCUT2D eigenvalue weighted by molar-refractivity contribution is 0.626. The van der Waals surface area contributed by atoms with Gasteiger partial charge in [-0.25, -0.2) is 0 Å². The molecule has 0 unspecified atom stereocenters. The van der Waals surface area contributed by atoms with Crippen LogP contribution in [0.3, 0.4) is 0 Å². The molecule has 1 N–H and O–H groups in total. The smallest absolute Gasteiger partial charge is 0.0607 e. The first kappa shape index (κ1) is 9.46. The van der Waals surface area contributed by atoms with Crippen molar-refractivity contribution >= 4 is 5.71 Å². The summed E-state index contributed by atoms with van der Waals surface area (Å²) in [7, 11) is 0. The fourth-order valence-corrected chi connectivity index (χ4v) is 1.32. The minimum absolute atomic E-state index is 0.554. The molecule has 2 nitrogen and oxygen atoms in total. The molecule has 0 amide bonds. The maximum absolute atomic E-state index is 4.38. The number of nitrogens with one attached hydrogen (secondary N) is 1. The van der Waals surface area contributed by atoms with Crippen LogP contribution in [0.15, 0.2) is 16.1 Å². The molecular weight excluding hydrogens is 148 g/mol. The van der Waals surface area contributed by atoms with E-state index in [4.69, 9.17) is 0 Å². The third-order valence-electron chi connectivity index (χ3n) is 2.19. The summed E-state index contributed by atoms with van der Waals surface area (Å²) in [5.74, 6) is 0. The molecule has 1 heterocycles. The maximum atomic E-state index is 4.38. The molecule has 0 radical (unpaired) electrons. The van der Waals surface area contributed by atoms with Gasteiger partial charge in [-0.2, -0.15) is 0 Å². The highest BCUT2D eigenvalue weighted by Gasteiger charge is 2.11. The molecule has 2 heteroatoms. The third kappa shape index (κ3) is 2.18. The Labute approximate surface area is 74.8 Å². The Morgan fingerprint density at radius 1 is 1.42 bits per heavy atom. The first-order valence-electron chi connectivity index (χ1n) is 4.54. The molecule has 0 fully saturated rings. The van der Waals surface area contributed by atoms with E-state index in [0.717, 1.165) is 13.1 Å². The van der Waals surface area contributed by atoms with Crippen molar-refractivity contribution in [3.63, 3.8) is 0 Å². The van der Waals surface area contributed by atoms with Crippen LogP contribution < -0.4 is 5.32 Å². The summed E-state index contributed by atoms with van der Waals surface area (Å²) in [6.45, 7) is 10.5. The van der Waals surface area contributed by atoms with E-state index in [1.165, 1.54) is 16.9 Å². The minimum atomic E-state index is 0.554. The van der Waals surface area contributed by atoms with E-state index in [1.54, 1.807) is 0 Å². The van der Waals surface area contributed by atoms with Crippen molar-refractivity contribution in [3.8, 4) is 0 Å². The highest BCUT2D eigenvalue weighted by atomic mass is 14.9. The fraction of sp³-hybridized carbons (Fsp3) is 0.700. The molecule has 1 rings (SSSR count). The predicted molar refractivity (Wildman–Crippen MR) is 53.8 cm³/mol. The number of aliphatic imine (C=N–C) groups is 1. The van der Waals surface area contributed by atoms with E-state index >= 15 is 0 Å². The zero-order valence-corrected chi connectivity index (χ0v) is 8.44. The summed E-state index contributed by atoms with van der Waals surface area (Å²) in [5, 5.41) is 3.41. The van der Waals surface area contributed by atoms with Gasteiger partial charge in [-0.1, -0.05) is 13.8 Å². The predicted octanol–water partition coefficient (Wildman–Crippen LogP) is 1.78. The molecule has 0 aromatic rings. The van der Waals surface area contributed by atoms with Gasteiger partial charge in [0.25, 0.3) is 0 Å². The Balaban J connectivity index is 2.51. The second-order valence-electron chi connectivity index (χ2n) is 3.70. The van der Waals surface area contributed by atoms with Gasteiger partial charge >= 0.3 is 0 Å². The molecule has 1 aliphatic heterocycles. The Bertz CT molecular complexity index is 224. The van der Waals surface area contributed by atoms with Gasteiger partial charge in [0, 0.05) is 18.3 Å². The lowest BCUT2D eigenvalue weighted by Crippen LogP contribution is -2.26. The third-order valence-corrected chi connectivity index (χ3v) is 2.19. The van der Waals surface area contributed by atoms with Crippen LogP contribution in [-0.4, -0.2) is 24.8 Å². The quantitative estimate of drug-likeness (QED) is 0.679. The van der Waals surface area contributed by atoms with E-state index in [-0.39, 0.29) is 0 Å². The van der Waals surface area contributed by atoms with Gasteiger partial charge in [0.15, 0.2) is 0 Å². The van der Waals surface area contributed by atoms with Gasteiger partial charge in [-0.05, 0) is 25.0 Å². The van der Waals surface area contributed by atoms with E-state index in [2.05, 4.69) is 38.0 Å². The lowest BCUT2D eigenvalue weighted by Gasteiger charge is -2.09. The Kier molecular flexibility index (Phi) is 3.04. The van der Waals surface area contributed by atoms with Crippen molar-refractivity contribution in [2.24, 2.45) is 4.99 Å². The van der Waals surface area contributed by atoms with Gasteiger partial charge < -0.3 is 5.32 Å². The van der Waals surface area contributed by atoms with E-state index in [1.807, 2.05) is 0 Å². The minimum Gasteiger partial charge on any atom is -0.310 e. The molecule has 1 aliphatic rings.